The van der Waals surface area contributed by atoms with E-state index in [0.717, 1.165) is 0 Å². The normalized spacial score (nSPS) is 13.7. The van der Waals surface area contributed by atoms with Gasteiger partial charge in [-0.15, -0.1) is 0 Å². The molecule has 0 aromatic heterocycles. The van der Waals surface area contributed by atoms with Crippen molar-refractivity contribution in [1.29, 1.82) is 0 Å². The van der Waals surface area contributed by atoms with E-state index in [9.17, 15) is 19.5 Å². The van der Waals surface area contributed by atoms with Crippen LogP contribution in [0.1, 0.15) is 40.0 Å². The van der Waals surface area contributed by atoms with Gasteiger partial charge in [-0.05, 0) is 19.3 Å². The zero-order chi connectivity index (χ0) is 15.9. The molecule has 0 radical (unpaired) electrons. The molecule has 1 unspecified atom stereocenters. The summed E-state index contributed by atoms with van der Waals surface area (Å²) >= 11 is 0. The van der Waals surface area contributed by atoms with Crippen molar-refractivity contribution in [2.45, 2.75) is 40.0 Å². The first-order valence-electron chi connectivity index (χ1n) is 6.69. The number of hydrogen-bond acceptors (Lipinski definition) is 4. The van der Waals surface area contributed by atoms with E-state index in [0.29, 0.717) is 13.0 Å². The molecule has 6 nitrogen and oxygen atoms in total. The van der Waals surface area contributed by atoms with Crippen LogP contribution in [0.25, 0.3) is 0 Å². The molecule has 0 heterocycles. The second-order valence-electron chi connectivity index (χ2n) is 5.55. The van der Waals surface area contributed by atoms with Gasteiger partial charge >= 0.3 is 11.9 Å². The van der Waals surface area contributed by atoms with E-state index in [4.69, 9.17) is 0 Å². The van der Waals surface area contributed by atoms with Gasteiger partial charge in [-0.25, -0.2) is 0 Å². The summed E-state index contributed by atoms with van der Waals surface area (Å²) in [6.45, 7) is 5.57. The third-order valence-corrected chi connectivity index (χ3v) is 3.81. The number of hydrogen-bond donors (Lipinski definition) is 1. The highest BCUT2D eigenvalue weighted by molar-refractivity contribution is 5.84. The van der Waals surface area contributed by atoms with E-state index in [1.54, 1.807) is 27.8 Å². The summed E-state index contributed by atoms with van der Waals surface area (Å²) in [7, 11) is 2.93. The Kier molecular flexibility index (Phi) is 7.24. The molecule has 0 aromatic rings. The lowest BCUT2D eigenvalue weighted by atomic mass is 9.76. The van der Waals surface area contributed by atoms with Crippen LogP contribution in [0.4, 0.5) is 0 Å². The van der Waals surface area contributed by atoms with Crippen molar-refractivity contribution < 1.29 is 24.2 Å². The molecule has 0 aromatic carbocycles. The number of nitrogens with zero attached hydrogens (tertiary/aromatic N) is 1. The molecule has 0 saturated heterocycles. The number of ether oxygens (including phenoxy) is 1. The molecule has 20 heavy (non-hydrogen) atoms. The molecule has 0 rings (SSSR count). The Labute approximate surface area is 120 Å². The molecule has 0 aliphatic carbocycles. The molecule has 0 aliphatic rings. The summed E-state index contributed by atoms with van der Waals surface area (Å²) in [4.78, 5) is 35.8. The smallest absolute Gasteiger partial charge is 0.310 e. The van der Waals surface area contributed by atoms with Gasteiger partial charge in [-0.2, -0.15) is 0 Å². The fourth-order valence-electron chi connectivity index (χ4n) is 1.66. The Bertz CT molecular complexity index is 367. The third-order valence-electron chi connectivity index (χ3n) is 3.81. The van der Waals surface area contributed by atoms with Crippen molar-refractivity contribution in [3.8, 4) is 0 Å². The van der Waals surface area contributed by atoms with E-state index < -0.39 is 11.4 Å². The van der Waals surface area contributed by atoms with Crippen LogP contribution in [0.5, 0.6) is 0 Å². The topological polar surface area (TPSA) is 83.9 Å². The average Bonchev–Trinajstić information content (AvgIpc) is 2.37. The van der Waals surface area contributed by atoms with E-state index in [1.165, 1.54) is 12.0 Å². The number of rotatable bonds is 8. The van der Waals surface area contributed by atoms with Crippen LogP contribution in [0.3, 0.4) is 0 Å². The number of carboxylic acids is 1. The minimum Gasteiger partial charge on any atom is -0.481 e. The van der Waals surface area contributed by atoms with Crippen LogP contribution in [0.15, 0.2) is 0 Å². The molecule has 0 spiro atoms. The summed E-state index contributed by atoms with van der Waals surface area (Å²) in [6, 6.07) is 0. The third kappa shape index (κ3) is 5.19. The van der Waals surface area contributed by atoms with Crippen LogP contribution in [-0.4, -0.2) is 48.6 Å². The Hall–Kier alpha value is -1.59. The van der Waals surface area contributed by atoms with Crippen LogP contribution >= 0.6 is 0 Å². The van der Waals surface area contributed by atoms with Gasteiger partial charge in [0.1, 0.15) is 0 Å². The maximum Gasteiger partial charge on any atom is 0.310 e. The van der Waals surface area contributed by atoms with Gasteiger partial charge in [-0.3, -0.25) is 14.4 Å². The highest BCUT2D eigenvalue weighted by atomic mass is 16.5. The number of methoxy groups -OCH3 is 1. The van der Waals surface area contributed by atoms with Crippen molar-refractivity contribution in [2.75, 3.05) is 20.7 Å². The van der Waals surface area contributed by atoms with E-state index >= 15 is 0 Å². The minimum absolute atomic E-state index is 0.0469. The van der Waals surface area contributed by atoms with Crippen molar-refractivity contribution >= 4 is 17.8 Å². The Balaban J connectivity index is 4.44. The monoisotopic (exact) mass is 287 g/mol. The molecule has 1 N–H and O–H groups in total. The molecular formula is C14H25NO5. The number of carbonyl (C=O) groups excluding carboxylic acids is 2. The van der Waals surface area contributed by atoms with E-state index in [-0.39, 0.29) is 30.6 Å². The molecule has 0 aliphatic heterocycles. The predicted octanol–water partition coefficient (Wildman–Crippen LogP) is 1.53. The minimum atomic E-state index is -1.08. The quantitative estimate of drug-likeness (QED) is 0.684. The lowest BCUT2D eigenvalue weighted by molar-refractivity contribution is -0.155. The largest absolute Gasteiger partial charge is 0.481 e. The van der Waals surface area contributed by atoms with Crippen LogP contribution in [-0.2, 0) is 19.1 Å². The fraction of sp³-hybridized carbons (Fsp3) is 0.786. The van der Waals surface area contributed by atoms with E-state index in [2.05, 4.69) is 4.74 Å². The molecule has 116 valence electrons. The van der Waals surface area contributed by atoms with Crippen molar-refractivity contribution in [1.82, 2.24) is 4.90 Å². The van der Waals surface area contributed by atoms with Gasteiger partial charge < -0.3 is 14.7 Å². The first-order chi connectivity index (χ1) is 9.15. The number of amides is 1. The standard InChI is InChI=1S/C14H25NO5/c1-10(2)14(3,13(18)19)9-11(16)15(4)8-6-7-12(17)20-5/h10H,6-9H2,1-5H3,(H,18,19). The maximum atomic E-state index is 12.1. The molecular weight excluding hydrogens is 262 g/mol. The molecule has 1 atom stereocenters. The second-order valence-corrected chi connectivity index (χ2v) is 5.55. The van der Waals surface area contributed by atoms with Crippen LogP contribution in [0.2, 0.25) is 0 Å². The van der Waals surface area contributed by atoms with Crippen LogP contribution in [0, 0.1) is 11.3 Å². The zero-order valence-electron chi connectivity index (χ0n) is 12.9. The van der Waals surface area contributed by atoms with Gasteiger partial charge in [-0.1, -0.05) is 13.8 Å². The Morgan fingerprint density at radius 3 is 2.25 bits per heavy atom. The summed E-state index contributed by atoms with van der Waals surface area (Å²) in [5, 5.41) is 9.28. The highest BCUT2D eigenvalue weighted by Crippen LogP contribution is 2.31. The van der Waals surface area contributed by atoms with E-state index in [1.807, 2.05) is 0 Å². The van der Waals surface area contributed by atoms with Gasteiger partial charge in [0.15, 0.2) is 0 Å². The number of carboxylic acid groups (broad SMARTS) is 1. The molecule has 1 amide bonds. The maximum absolute atomic E-state index is 12.1. The Morgan fingerprint density at radius 1 is 1.30 bits per heavy atom. The number of carbonyl (C=O) groups is 3. The summed E-state index contributed by atoms with van der Waals surface area (Å²) in [6.07, 6.45) is 0.698. The predicted molar refractivity (Wildman–Crippen MR) is 74.1 cm³/mol. The lowest BCUT2D eigenvalue weighted by Gasteiger charge is -2.30. The highest BCUT2D eigenvalue weighted by Gasteiger charge is 2.39. The lowest BCUT2D eigenvalue weighted by Crippen LogP contribution is -2.40. The summed E-state index contributed by atoms with van der Waals surface area (Å²) < 4.78 is 4.52. The van der Waals surface area contributed by atoms with Gasteiger partial charge in [0, 0.05) is 26.4 Å². The molecule has 0 saturated carbocycles. The SMILES string of the molecule is COC(=O)CCCN(C)C(=O)CC(C)(C(=O)O)C(C)C. The van der Waals surface area contributed by atoms with Crippen molar-refractivity contribution in [3.63, 3.8) is 0 Å². The summed E-state index contributed by atoms with van der Waals surface area (Å²) in [5.41, 5.74) is -1.08. The van der Waals surface area contributed by atoms with Gasteiger partial charge in [0.2, 0.25) is 5.91 Å². The first kappa shape index (κ1) is 18.4. The zero-order valence-corrected chi connectivity index (χ0v) is 12.9. The fourth-order valence-corrected chi connectivity index (χ4v) is 1.66. The summed E-state index contributed by atoms with van der Waals surface area (Å²) in [5.74, 6) is -1.66. The molecule has 0 fully saturated rings. The first-order valence-corrected chi connectivity index (χ1v) is 6.69. The van der Waals surface area contributed by atoms with Crippen molar-refractivity contribution in [2.24, 2.45) is 11.3 Å². The number of esters is 1. The molecule has 0 bridgehead atoms. The number of aliphatic carboxylic acids is 1. The van der Waals surface area contributed by atoms with Crippen LogP contribution < -0.4 is 0 Å². The van der Waals surface area contributed by atoms with Gasteiger partial charge in [0.25, 0.3) is 0 Å². The average molecular weight is 287 g/mol. The Morgan fingerprint density at radius 2 is 1.85 bits per heavy atom. The van der Waals surface area contributed by atoms with Gasteiger partial charge in [0.05, 0.1) is 12.5 Å². The van der Waals surface area contributed by atoms with Crippen molar-refractivity contribution in [3.05, 3.63) is 0 Å². The molecule has 6 heteroatoms. The second kappa shape index (κ2) is 7.87.